The summed E-state index contributed by atoms with van der Waals surface area (Å²) in [6.45, 7) is 3.20. The molecule has 68 valence electrons. The number of amides is 1. The summed E-state index contributed by atoms with van der Waals surface area (Å²) >= 11 is 0. The van der Waals surface area contributed by atoms with Gasteiger partial charge in [-0.05, 0) is 13.3 Å². The summed E-state index contributed by atoms with van der Waals surface area (Å²) < 4.78 is 27.7. The molecule has 0 radical (unpaired) electrons. The van der Waals surface area contributed by atoms with Crippen LogP contribution in [0.3, 0.4) is 0 Å². The Kier molecular flexibility index (Phi) is 2.10. The highest BCUT2D eigenvalue weighted by Crippen LogP contribution is 2.16. The number of rotatable bonds is 1. The van der Waals surface area contributed by atoms with Gasteiger partial charge in [-0.2, -0.15) is 8.42 Å². The predicted molar refractivity (Wildman–Crippen MR) is 41.1 cm³/mol. The Morgan fingerprint density at radius 3 is 2.50 bits per heavy atom. The highest BCUT2D eigenvalue weighted by atomic mass is 32.2. The van der Waals surface area contributed by atoms with Gasteiger partial charge in [0.05, 0.1) is 5.57 Å². The SMILES string of the molecule is CCC1=C(C)OS(=O)(=O)NC1=O. The van der Waals surface area contributed by atoms with Crippen LogP contribution in [0.4, 0.5) is 0 Å². The molecule has 0 aromatic heterocycles. The Morgan fingerprint density at radius 1 is 1.50 bits per heavy atom. The third kappa shape index (κ3) is 1.58. The van der Waals surface area contributed by atoms with Crippen LogP contribution in [0.15, 0.2) is 11.3 Å². The van der Waals surface area contributed by atoms with Crippen LogP contribution in [-0.2, 0) is 19.3 Å². The molecule has 1 amide bonds. The Balaban J connectivity index is 3.11. The van der Waals surface area contributed by atoms with E-state index in [-0.39, 0.29) is 5.76 Å². The highest BCUT2D eigenvalue weighted by molar-refractivity contribution is 7.85. The Morgan fingerprint density at radius 2 is 2.08 bits per heavy atom. The maximum atomic E-state index is 11.0. The van der Waals surface area contributed by atoms with E-state index in [2.05, 4.69) is 4.18 Å². The smallest absolute Gasteiger partial charge is 0.371 e. The van der Waals surface area contributed by atoms with E-state index < -0.39 is 16.2 Å². The van der Waals surface area contributed by atoms with Crippen LogP contribution in [-0.4, -0.2) is 14.3 Å². The molecule has 1 heterocycles. The highest BCUT2D eigenvalue weighted by Gasteiger charge is 2.27. The summed E-state index contributed by atoms with van der Waals surface area (Å²) in [5.41, 5.74) is 0.366. The second kappa shape index (κ2) is 2.78. The Bertz CT molecular complexity index is 341. The van der Waals surface area contributed by atoms with E-state index in [1.165, 1.54) is 6.92 Å². The van der Waals surface area contributed by atoms with Crippen molar-refractivity contribution < 1.29 is 17.4 Å². The maximum Gasteiger partial charge on any atom is 0.409 e. The first kappa shape index (κ1) is 9.05. The molecule has 6 heteroatoms. The third-order valence-electron chi connectivity index (χ3n) is 1.51. The second-order valence-corrected chi connectivity index (χ2v) is 3.64. The van der Waals surface area contributed by atoms with Crippen molar-refractivity contribution in [3.8, 4) is 0 Å². The second-order valence-electron chi connectivity index (χ2n) is 2.36. The van der Waals surface area contributed by atoms with Gasteiger partial charge in [-0.15, -0.1) is 0 Å². The lowest BCUT2D eigenvalue weighted by Crippen LogP contribution is -2.37. The molecule has 1 aliphatic rings. The summed E-state index contributed by atoms with van der Waals surface area (Å²) in [7, 11) is -3.88. The molecule has 0 aliphatic carbocycles. The number of nitrogens with one attached hydrogen (secondary N) is 1. The van der Waals surface area contributed by atoms with Crippen molar-refractivity contribution in [2.45, 2.75) is 20.3 Å². The standard InChI is InChI=1S/C6H9NO4S/c1-3-5-4(2)11-12(9,10)7-6(5)8/h3H2,1-2H3,(H,7,8). The van der Waals surface area contributed by atoms with Crippen LogP contribution in [0.2, 0.25) is 0 Å². The zero-order chi connectivity index (χ0) is 9.35. The lowest BCUT2D eigenvalue weighted by molar-refractivity contribution is -0.116. The molecule has 5 nitrogen and oxygen atoms in total. The minimum atomic E-state index is -3.88. The van der Waals surface area contributed by atoms with Crippen molar-refractivity contribution in [2.24, 2.45) is 0 Å². The van der Waals surface area contributed by atoms with E-state index >= 15 is 0 Å². The lowest BCUT2D eigenvalue weighted by Gasteiger charge is -2.17. The van der Waals surface area contributed by atoms with Crippen molar-refractivity contribution in [1.82, 2.24) is 4.72 Å². The molecule has 0 aromatic rings. The van der Waals surface area contributed by atoms with E-state index in [1.807, 2.05) is 0 Å². The largest absolute Gasteiger partial charge is 0.409 e. The summed E-state index contributed by atoms with van der Waals surface area (Å²) in [5, 5.41) is 0. The van der Waals surface area contributed by atoms with Gasteiger partial charge in [-0.25, -0.2) is 4.72 Å². The summed E-state index contributed by atoms with van der Waals surface area (Å²) in [6, 6.07) is 0. The number of allylic oxidation sites excluding steroid dienone is 1. The van der Waals surface area contributed by atoms with Crippen molar-refractivity contribution in [1.29, 1.82) is 0 Å². The van der Waals surface area contributed by atoms with Crippen LogP contribution in [0, 0.1) is 0 Å². The van der Waals surface area contributed by atoms with E-state index in [1.54, 1.807) is 11.6 Å². The lowest BCUT2D eigenvalue weighted by atomic mass is 10.2. The molecule has 1 N–H and O–H groups in total. The minimum absolute atomic E-state index is 0.154. The van der Waals surface area contributed by atoms with E-state index in [0.717, 1.165) is 0 Å². The summed E-state index contributed by atoms with van der Waals surface area (Å²) in [5.74, 6) is -0.442. The molecule has 1 aliphatic heterocycles. The molecule has 0 fully saturated rings. The van der Waals surface area contributed by atoms with Crippen LogP contribution < -0.4 is 4.72 Å². The molecule has 12 heavy (non-hydrogen) atoms. The maximum absolute atomic E-state index is 11.0. The fourth-order valence-corrected chi connectivity index (χ4v) is 1.80. The van der Waals surface area contributed by atoms with Gasteiger partial charge in [0, 0.05) is 0 Å². The molecule has 1 rings (SSSR count). The van der Waals surface area contributed by atoms with Crippen molar-refractivity contribution in [3.05, 3.63) is 11.3 Å². The summed E-state index contributed by atoms with van der Waals surface area (Å²) in [6.07, 6.45) is 0.452. The van der Waals surface area contributed by atoms with Gasteiger partial charge in [-0.3, -0.25) is 4.79 Å². The molecule has 0 aromatic carbocycles. The number of hydrogen-bond donors (Lipinski definition) is 1. The fraction of sp³-hybridized carbons (Fsp3) is 0.500. The van der Waals surface area contributed by atoms with E-state index in [0.29, 0.717) is 12.0 Å². The monoisotopic (exact) mass is 191 g/mol. The zero-order valence-electron chi connectivity index (χ0n) is 6.75. The first-order chi connectivity index (χ1) is 5.46. The van der Waals surface area contributed by atoms with Gasteiger partial charge in [-0.1, -0.05) is 6.92 Å². The quantitative estimate of drug-likeness (QED) is 0.636. The van der Waals surface area contributed by atoms with E-state index in [9.17, 15) is 13.2 Å². The Labute approximate surface area is 70.7 Å². The predicted octanol–water partition coefficient (Wildman–Crippen LogP) is 0.0616. The van der Waals surface area contributed by atoms with Crippen LogP contribution in [0.1, 0.15) is 20.3 Å². The molecule has 0 saturated heterocycles. The van der Waals surface area contributed by atoms with Crippen LogP contribution in [0.5, 0.6) is 0 Å². The minimum Gasteiger partial charge on any atom is -0.371 e. The van der Waals surface area contributed by atoms with Crippen LogP contribution >= 0.6 is 0 Å². The van der Waals surface area contributed by atoms with Crippen molar-refractivity contribution in [2.75, 3.05) is 0 Å². The number of hydrogen-bond acceptors (Lipinski definition) is 4. The normalized spacial score (nSPS) is 21.7. The van der Waals surface area contributed by atoms with Gasteiger partial charge in [0.15, 0.2) is 0 Å². The molecule has 0 saturated carbocycles. The summed E-state index contributed by atoms with van der Waals surface area (Å²) in [4.78, 5) is 11.0. The molecule has 0 atom stereocenters. The third-order valence-corrected chi connectivity index (χ3v) is 2.41. The average molecular weight is 191 g/mol. The van der Waals surface area contributed by atoms with Gasteiger partial charge >= 0.3 is 10.3 Å². The molecular formula is C6H9NO4S. The fourth-order valence-electron chi connectivity index (χ4n) is 0.980. The number of carbonyl (C=O) groups excluding carboxylic acids is 1. The van der Waals surface area contributed by atoms with E-state index in [4.69, 9.17) is 0 Å². The van der Waals surface area contributed by atoms with Crippen molar-refractivity contribution >= 4 is 16.2 Å². The van der Waals surface area contributed by atoms with Gasteiger partial charge in [0.2, 0.25) is 0 Å². The molecule has 0 spiro atoms. The van der Waals surface area contributed by atoms with Gasteiger partial charge in [0.1, 0.15) is 5.76 Å². The van der Waals surface area contributed by atoms with Gasteiger partial charge in [0.25, 0.3) is 5.91 Å². The molecular weight excluding hydrogens is 182 g/mol. The average Bonchev–Trinajstić information content (AvgIpc) is 1.82. The topological polar surface area (TPSA) is 72.5 Å². The first-order valence-electron chi connectivity index (χ1n) is 3.42. The van der Waals surface area contributed by atoms with Crippen molar-refractivity contribution in [3.63, 3.8) is 0 Å². The number of carbonyl (C=O) groups is 1. The first-order valence-corrected chi connectivity index (χ1v) is 4.83. The zero-order valence-corrected chi connectivity index (χ0v) is 7.56. The van der Waals surface area contributed by atoms with Gasteiger partial charge < -0.3 is 4.18 Å². The molecule has 0 unspecified atom stereocenters. The van der Waals surface area contributed by atoms with Crippen LogP contribution in [0.25, 0.3) is 0 Å². The molecule has 0 bridgehead atoms. The Hall–Kier alpha value is -1.04.